The van der Waals surface area contributed by atoms with E-state index in [1.165, 1.54) is 5.56 Å². The van der Waals surface area contributed by atoms with Crippen molar-refractivity contribution in [1.29, 1.82) is 0 Å². The Balaban J connectivity index is 1.52. The molecular weight excluding hydrogens is 358 g/mol. The van der Waals surface area contributed by atoms with E-state index in [9.17, 15) is 0 Å². The van der Waals surface area contributed by atoms with Crippen molar-refractivity contribution in [2.24, 2.45) is 7.05 Å². The molecule has 27 heavy (non-hydrogen) atoms. The Bertz CT molecular complexity index is 1040. The van der Waals surface area contributed by atoms with Gasteiger partial charge in [0.15, 0.2) is 11.0 Å². The van der Waals surface area contributed by atoms with E-state index in [1.807, 2.05) is 80.1 Å². The van der Waals surface area contributed by atoms with Gasteiger partial charge in [0.05, 0.1) is 5.25 Å². The van der Waals surface area contributed by atoms with Gasteiger partial charge in [0.1, 0.15) is 0 Å². The normalized spacial score (nSPS) is 12.3. The topological polar surface area (TPSA) is 69.6 Å². The number of benzene rings is 2. The Morgan fingerprint density at radius 1 is 0.889 bits per heavy atom. The van der Waals surface area contributed by atoms with Crippen LogP contribution in [0.3, 0.4) is 0 Å². The molecular formula is C20H19N5OS. The second-order valence-electron chi connectivity index (χ2n) is 6.30. The minimum absolute atomic E-state index is 0.0387. The van der Waals surface area contributed by atoms with E-state index in [0.717, 1.165) is 22.1 Å². The molecule has 0 fully saturated rings. The summed E-state index contributed by atoms with van der Waals surface area (Å²) in [6.45, 7) is 4.07. The van der Waals surface area contributed by atoms with Gasteiger partial charge in [0.2, 0.25) is 11.8 Å². The maximum absolute atomic E-state index is 5.87. The molecule has 0 radical (unpaired) electrons. The lowest BCUT2D eigenvalue weighted by Gasteiger charge is -2.07. The smallest absolute Gasteiger partial charge is 0.247 e. The minimum atomic E-state index is -0.0387. The van der Waals surface area contributed by atoms with Gasteiger partial charge in [-0.1, -0.05) is 59.8 Å². The number of thioether (sulfide) groups is 1. The van der Waals surface area contributed by atoms with Crippen molar-refractivity contribution in [3.63, 3.8) is 0 Å². The molecule has 1 atom stereocenters. The standard InChI is InChI=1S/C20H19N5OS/c1-13-9-11-16(12-10-13)19-23-22-18(26-19)14(2)27-20-24-21-17(25(20)3)15-7-5-4-6-8-15/h4-12,14H,1-3H3/t14-/m1/s1. The van der Waals surface area contributed by atoms with Crippen LogP contribution in [0.4, 0.5) is 0 Å². The zero-order valence-corrected chi connectivity index (χ0v) is 16.1. The van der Waals surface area contributed by atoms with E-state index in [4.69, 9.17) is 4.42 Å². The number of nitrogens with zero attached hydrogens (tertiary/aromatic N) is 5. The second-order valence-corrected chi connectivity index (χ2v) is 7.61. The molecule has 0 aliphatic heterocycles. The molecule has 7 heteroatoms. The van der Waals surface area contributed by atoms with E-state index in [0.29, 0.717) is 11.8 Å². The SMILES string of the molecule is Cc1ccc(-c2nnc([C@@H](C)Sc3nnc(-c4ccccc4)n3C)o2)cc1. The van der Waals surface area contributed by atoms with Gasteiger partial charge >= 0.3 is 0 Å². The molecule has 0 N–H and O–H groups in total. The van der Waals surface area contributed by atoms with Crippen LogP contribution in [0.25, 0.3) is 22.8 Å². The highest BCUT2D eigenvalue weighted by Gasteiger charge is 2.20. The molecule has 0 aliphatic carbocycles. The third-order valence-corrected chi connectivity index (χ3v) is 5.36. The van der Waals surface area contributed by atoms with Crippen molar-refractivity contribution < 1.29 is 4.42 Å². The van der Waals surface area contributed by atoms with Crippen LogP contribution in [0.2, 0.25) is 0 Å². The lowest BCUT2D eigenvalue weighted by atomic mass is 10.1. The maximum atomic E-state index is 5.87. The zero-order chi connectivity index (χ0) is 18.8. The number of rotatable bonds is 5. The minimum Gasteiger partial charge on any atom is -0.419 e. The van der Waals surface area contributed by atoms with Crippen LogP contribution in [0.15, 0.2) is 64.2 Å². The molecule has 2 aromatic carbocycles. The van der Waals surface area contributed by atoms with E-state index < -0.39 is 0 Å². The highest BCUT2D eigenvalue weighted by molar-refractivity contribution is 7.99. The average Bonchev–Trinajstić information content (AvgIpc) is 3.31. The Morgan fingerprint density at radius 2 is 1.63 bits per heavy atom. The first-order valence-corrected chi connectivity index (χ1v) is 9.51. The van der Waals surface area contributed by atoms with Crippen molar-refractivity contribution >= 4 is 11.8 Å². The van der Waals surface area contributed by atoms with Gasteiger partial charge in [-0.2, -0.15) is 0 Å². The molecule has 2 aromatic heterocycles. The lowest BCUT2D eigenvalue weighted by molar-refractivity contribution is 0.508. The molecule has 0 unspecified atom stereocenters. The third-order valence-electron chi connectivity index (χ3n) is 4.24. The zero-order valence-electron chi connectivity index (χ0n) is 15.3. The van der Waals surface area contributed by atoms with Gasteiger partial charge in [-0.25, -0.2) is 0 Å². The molecule has 0 amide bonds. The van der Waals surface area contributed by atoms with Crippen molar-refractivity contribution in [1.82, 2.24) is 25.0 Å². The predicted molar refractivity (Wildman–Crippen MR) is 105 cm³/mol. The quantitative estimate of drug-likeness (QED) is 0.470. The summed E-state index contributed by atoms with van der Waals surface area (Å²) < 4.78 is 7.85. The number of hydrogen-bond acceptors (Lipinski definition) is 6. The molecule has 0 aliphatic rings. The summed E-state index contributed by atoms with van der Waals surface area (Å²) in [5.74, 6) is 1.93. The monoisotopic (exact) mass is 377 g/mol. The second kappa shape index (κ2) is 7.36. The van der Waals surface area contributed by atoms with Crippen molar-refractivity contribution in [3.05, 3.63) is 66.1 Å². The molecule has 4 aromatic rings. The van der Waals surface area contributed by atoms with Crippen LogP contribution in [-0.4, -0.2) is 25.0 Å². The number of hydrogen-bond donors (Lipinski definition) is 0. The molecule has 136 valence electrons. The summed E-state index contributed by atoms with van der Waals surface area (Å²) in [6, 6.07) is 18.0. The first-order valence-electron chi connectivity index (χ1n) is 8.64. The Labute approximate surface area is 161 Å². The van der Waals surface area contributed by atoms with Gasteiger partial charge in [-0.05, 0) is 26.0 Å². The third kappa shape index (κ3) is 3.64. The summed E-state index contributed by atoms with van der Waals surface area (Å²) in [5.41, 5.74) is 3.15. The molecule has 0 saturated carbocycles. The van der Waals surface area contributed by atoms with E-state index in [1.54, 1.807) is 11.8 Å². The Morgan fingerprint density at radius 3 is 2.37 bits per heavy atom. The van der Waals surface area contributed by atoms with Crippen LogP contribution in [-0.2, 0) is 7.05 Å². The summed E-state index contributed by atoms with van der Waals surface area (Å²) in [6.07, 6.45) is 0. The Kier molecular flexibility index (Phi) is 4.77. The molecule has 4 rings (SSSR count). The van der Waals surface area contributed by atoms with E-state index >= 15 is 0 Å². The van der Waals surface area contributed by atoms with Crippen LogP contribution < -0.4 is 0 Å². The maximum Gasteiger partial charge on any atom is 0.247 e. The van der Waals surface area contributed by atoms with Crippen LogP contribution >= 0.6 is 11.8 Å². The van der Waals surface area contributed by atoms with Crippen LogP contribution in [0.1, 0.15) is 23.6 Å². The first kappa shape index (κ1) is 17.5. The van der Waals surface area contributed by atoms with Crippen molar-refractivity contribution in [3.8, 4) is 22.8 Å². The number of aryl methyl sites for hydroxylation is 1. The molecule has 0 bridgehead atoms. The lowest BCUT2D eigenvalue weighted by Crippen LogP contribution is -1.97. The summed E-state index contributed by atoms with van der Waals surface area (Å²) in [5, 5.41) is 17.8. The fourth-order valence-electron chi connectivity index (χ4n) is 2.68. The fourth-order valence-corrected chi connectivity index (χ4v) is 3.52. The summed E-state index contributed by atoms with van der Waals surface area (Å²) in [4.78, 5) is 0. The van der Waals surface area contributed by atoms with Crippen molar-refractivity contribution in [2.75, 3.05) is 0 Å². The van der Waals surface area contributed by atoms with Crippen LogP contribution in [0.5, 0.6) is 0 Å². The highest BCUT2D eigenvalue weighted by Crippen LogP contribution is 2.35. The summed E-state index contributed by atoms with van der Waals surface area (Å²) in [7, 11) is 1.96. The largest absolute Gasteiger partial charge is 0.419 e. The van der Waals surface area contributed by atoms with Crippen molar-refractivity contribution in [2.45, 2.75) is 24.3 Å². The molecule has 2 heterocycles. The molecule has 6 nitrogen and oxygen atoms in total. The first-order chi connectivity index (χ1) is 13.1. The van der Waals surface area contributed by atoms with Gasteiger partial charge in [-0.15, -0.1) is 20.4 Å². The fraction of sp³-hybridized carbons (Fsp3) is 0.200. The molecule has 0 saturated heterocycles. The van der Waals surface area contributed by atoms with E-state index in [2.05, 4.69) is 20.4 Å². The van der Waals surface area contributed by atoms with Gasteiger partial charge in [0, 0.05) is 18.2 Å². The van der Waals surface area contributed by atoms with Gasteiger partial charge in [-0.3, -0.25) is 0 Å². The van der Waals surface area contributed by atoms with Gasteiger partial charge < -0.3 is 8.98 Å². The Hall–Kier alpha value is -2.93. The van der Waals surface area contributed by atoms with Crippen LogP contribution in [0, 0.1) is 6.92 Å². The van der Waals surface area contributed by atoms with Gasteiger partial charge in [0.25, 0.3) is 0 Å². The molecule has 0 spiro atoms. The van der Waals surface area contributed by atoms with E-state index in [-0.39, 0.29) is 5.25 Å². The predicted octanol–water partition coefficient (Wildman–Crippen LogP) is 4.69. The highest BCUT2D eigenvalue weighted by atomic mass is 32.2. The average molecular weight is 377 g/mol. The number of aromatic nitrogens is 5. The summed E-state index contributed by atoms with van der Waals surface area (Å²) >= 11 is 1.54.